The fourth-order valence-corrected chi connectivity index (χ4v) is 6.21. The number of rotatable bonds is 4. The molecule has 1 aromatic heterocycles. The molecule has 3 rings (SSSR count). The van der Waals surface area contributed by atoms with E-state index in [1.165, 1.54) is 23.5 Å². The predicted molar refractivity (Wildman–Crippen MR) is 164 cm³/mol. The van der Waals surface area contributed by atoms with E-state index in [4.69, 9.17) is 16.6 Å². The van der Waals surface area contributed by atoms with Crippen LogP contribution in [-0.4, -0.2) is 25.2 Å². The molecule has 2 aromatic carbocycles. The van der Waals surface area contributed by atoms with Gasteiger partial charge in [-0.15, -0.1) is 0 Å². The topological polar surface area (TPSA) is 79.1 Å². The van der Waals surface area contributed by atoms with Gasteiger partial charge in [-0.1, -0.05) is 83.1 Å². The lowest BCUT2D eigenvalue weighted by Crippen LogP contribution is -2.17. The Morgan fingerprint density at radius 3 is 1.00 bits per heavy atom. The van der Waals surface area contributed by atoms with Crippen molar-refractivity contribution in [2.45, 2.75) is 125 Å². The van der Waals surface area contributed by atoms with Crippen molar-refractivity contribution in [3.8, 4) is 11.5 Å². The summed E-state index contributed by atoms with van der Waals surface area (Å²) in [4.78, 5) is 15.4. The van der Waals surface area contributed by atoms with E-state index in [-0.39, 0.29) is 26.9 Å². The number of aromatic nitrogens is 3. The van der Waals surface area contributed by atoms with Gasteiger partial charge in [0.1, 0.15) is 11.5 Å². The van der Waals surface area contributed by atoms with Crippen molar-refractivity contribution in [1.29, 1.82) is 0 Å². The van der Waals surface area contributed by atoms with Crippen LogP contribution in [0.25, 0.3) is 0 Å². The number of phenolic OH excluding ortho intramolecular Hbond substituents is 2. The molecular formula is C31H42ClN3O2S2. The second-order valence-electron chi connectivity index (χ2n) is 14.1. The zero-order valence-corrected chi connectivity index (χ0v) is 27.6. The van der Waals surface area contributed by atoms with Gasteiger partial charge in [-0.3, -0.25) is 0 Å². The molecule has 5 nitrogen and oxygen atoms in total. The van der Waals surface area contributed by atoms with Gasteiger partial charge in [-0.2, -0.15) is 15.0 Å². The largest absolute Gasteiger partial charge is 0.507 e. The van der Waals surface area contributed by atoms with Crippen molar-refractivity contribution in [1.82, 2.24) is 15.0 Å². The molecule has 0 amide bonds. The number of hydrogen-bond donors (Lipinski definition) is 2. The first-order chi connectivity index (χ1) is 17.6. The van der Waals surface area contributed by atoms with Crippen molar-refractivity contribution >= 4 is 35.1 Å². The molecular weight excluding hydrogens is 546 g/mol. The molecule has 0 radical (unpaired) electrons. The Labute approximate surface area is 247 Å². The minimum absolute atomic E-state index is 0.117. The van der Waals surface area contributed by atoms with Crippen LogP contribution in [0, 0.1) is 0 Å². The van der Waals surface area contributed by atoms with E-state index in [2.05, 4.69) is 93.1 Å². The molecule has 3 aromatic rings. The molecule has 0 atom stereocenters. The lowest BCUT2D eigenvalue weighted by Gasteiger charge is -2.28. The van der Waals surface area contributed by atoms with Gasteiger partial charge in [0, 0.05) is 32.0 Å². The van der Waals surface area contributed by atoms with Gasteiger partial charge in [0.05, 0.1) is 0 Å². The lowest BCUT2D eigenvalue weighted by molar-refractivity contribution is 0.421. The Bertz CT molecular complexity index is 1210. The summed E-state index contributed by atoms with van der Waals surface area (Å²) in [5.41, 5.74) is 2.53. The Balaban J connectivity index is 2.07. The number of nitrogens with zero attached hydrogens (tertiary/aromatic N) is 3. The van der Waals surface area contributed by atoms with E-state index in [0.29, 0.717) is 21.8 Å². The third-order valence-corrected chi connectivity index (χ3v) is 8.23. The van der Waals surface area contributed by atoms with Crippen molar-refractivity contribution in [2.24, 2.45) is 0 Å². The van der Waals surface area contributed by atoms with Crippen LogP contribution in [0.15, 0.2) is 44.4 Å². The molecule has 39 heavy (non-hydrogen) atoms. The zero-order valence-electron chi connectivity index (χ0n) is 25.2. The molecule has 0 aliphatic rings. The summed E-state index contributed by atoms with van der Waals surface area (Å²) in [5.74, 6) is 0.668. The minimum atomic E-state index is -0.243. The van der Waals surface area contributed by atoms with Gasteiger partial charge in [0.2, 0.25) is 5.28 Å². The highest BCUT2D eigenvalue weighted by Crippen LogP contribution is 2.44. The van der Waals surface area contributed by atoms with Gasteiger partial charge < -0.3 is 10.2 Å². The zero-order chi connectivity index (χ0) is 29.7. The van der Waals surface area contributed by atoms with Crippen molar-refractivity contribution in [2.75, 3.05) is 0 Å². The van der Waals surface area contributed by atoms with Crippen LogP contribution in [0.4, 0.5) is 0 Å². The van der Waals surface area contributed by atoms with Crippen LogP contribution in [0.3, 0.4) is 0 Å². The van der Waals surface area contributed by atoms with Gasteiger partial charge >= 0.3 is 0 Å². The van der Waals surface area contributed by atoms with Crippen molar-refractivity contribution in [3.05, 3.63) is 51.8 Å². The molecule has 0 saturated carbocycles. The number of phenols is 2. The van der Waals surface area contributed by atoms with E-state index >= 15 is 0 Å². The third kappa shape index (κ3) is 7.62. The highest BCUT2D eigenvalue weighted by atomic mass is 35.5. The molecule has 0 aliphatic heterocycles. The number of halogens is 1. The van der Waals surface area contributed by atoms with E-state index in [0.717, 1.165) is 32.0 Å². The summed E-state index contributed by atoms with van der Waals surface area (Å²) in [6.07, 6.45) is 0. The molecule has 0 fully saturated rings. The summed E-state index contributed by atoms with van der Waals surface area (Å²) in [6, 6.07) is 8.02. The van der Waals surface area contributed by atoms with Crippen molar-refractivity contribution in [3.63, 3.8) is 0 Å². The first-order valence-electron chi connectivity index (χ1n) is 13.1. The van der Waals surface area contributed by atoms with Crippen LogP contribution in [0.1, 0.15) is 105 Å². The first kappa shape index (κ1) is 31.6. The maximum Gasteiger partial charge on any atom is 0.227 e. The molecule has 0 spiro atoms. The highest BCUT2D eigenvalue weighted by Gasteiger charge is 2.28. The molecule has 2 N–H and O–H groups in total. The molecule has 0 aliphatic carbocycles. The van der Waals surface area contributed by atoms with Gasteiger partial charge in [0.15, 0.2) is 10.3 Å². The molecule has 212 valence electrons. The Morgan fingerprint density at radius 2 is 0.769 bits per heavy atom. The van der Waals surface area contributed by atoms with Gasteiger partial charge in [-0.05, 0) is 81.1 Å². The summed E-state index contributed by atoms with van der Waals surface area (Å²) < 4.78 is 0. The fourth-order valence-electron chi connectivity index (χ4n) is 4.24. The summed E-state index contributed by atoms with van der Waals surface area (Å²) in [6.45, 7) is 25.1. The van der Waals surface area contributed by atoms with E-state index in [9.17, 15) is 10.2 Å². The summed E-state index contributed by atoms with van der Waals surface area (Å²) in [5, 5.41) is 23.3. The second-order valence-corrected chi connectivity index (χ2v) is 16.5. The van der Waals surface area contributed by atoms with Crippen molar-refractivity contribution < 1.29 is 10.2 Å². The van der Waals surface area contributed by atoms with Crippen LogP contribution in [0.2, 0.25) is 5.28 Å². The van der Waals surface area contributed by atoms with Gasteiger partial charge in [-0.25, -0.2) is 0 Å². The van der Waals surface area contributed by atoms with E-state index in [1.54, 1.807) is 0 Å². The molecule has 0 saturated heterocycles. The quantitative estimate of drug-likeness (QED) is 0.314. The van der Waals surface area contributed by atoms with Crippen LogP contribution in [0.5, 0.6) is 11.5 Å². The smallest absolute Gasteiger partial charge is 0.227 e. The van der Waals surface area contributed by atoms with Crippen LogP contribution in [-0.2, 0) is 21.7 Å². The average molecular weight is 588 g/mol. The maximum absolute atomic E-state index is 11.1. The summed E-state index contributed by atoms with van der Waals surface area (Å²) in [7, 11) is 0. The van der Waals surface area contributed by atoms with Crippen LogP contribution >= 0.6 is 35.1 Å². The predicted octanol–water partition coefficient (Wildman–Crippen LogP) is 9.43. The number of aromatic hydroxyl groups is 2. The number of hydrogen-bond acceptors (Lipinski definition) is 7. The van der Waals surface area contributed by atoms with Crippen LogP contribution < -0.4 is 0 Å². The standard InChI is InChI=1S/C31H42ClN3O2S2/c1-28(2,3)19-13-17(14-20(23(19)36)29(4,5)6)38-26-33-25(32)34-27(35-26)39-18-15-21(30(7,8)9)24(37)22(16-18)31(10,11)12/h13-16,36-37H,1-12H3. The molecule has 1 heterocycles. The molecule has 0 bridgehead atoms. The third-order valence-electron chi connectivity index (χ3n) is 6.38. The SMILES string of the molecule is CC(C)(C)c1cc(Sc2nc(Cl)nc(Sc3cc(C(C)(C)C)c(O)c(C(C)(C)C)c3)n2)cc(C(C)(C)C)c1O. The normalized spacial score (nSPS) is 13.2. The summed E-state index contributed by atoms with van der Waals surface area (Å²) >= 11 is 9.18. The lowest BCUT2D eigenvalue weighted by atomic mass is 9.79. The second kappa shape index (κ2) is 10.8. The first-order valence-corrected chi connectivity index (χ1v) is 15.1. The minimum Gasteiger partial charge on any atom is -0.507 e. The Morgan fingerprint density at radius 1 is 0.513 bits per heavy atom. The van der Waals surface area contributed by atoms with E-state index < -0.39 is 0 Å². The number of benzene rings is 2. The molecule has 0 unspecified atom stereocenters. The molecule has 8 heteroatoms. The monoisotopic (exact) mass is 587 g/mol. The maximum atomic E-state index is 11.1. The average Bonchev–Trinajstić information content (AvgIpc) is 2.72. The van der Waals surface area contributed by atoms with Gasteiger partial charge in [0.25, 0.3) is 0 Å². The van der Waals surface area contributed by atoms with E-state index in [1.807, 2.05) is 24.3 Å². The fraction of sp³-hybridized carbons (Fsp3) is 0.516. The Hall–Kier alpha value is -1.96. The Kier molecular flexibility index (Phi) is 8.73. The highest BCUT2D eigenvalue weighted by molar-refractivity contribution is 7.99.